The van der Waals surface area contributed by atoms with Crippen LogP contribution >= 0.6 is 11.8 Å². The van der Waals surface area contributed by atoms with Crippen molar-refractivity contribution < 1.29 is 12.6 Å². The van der Waals surface area contributed by atoms with Gasteiger partial charge in [0.25, 0.3) is 0 Å². The van der Waals surface area contributed by atoms with E-state index in [1.165, 1.54) is 6.08 Å². The van der Waals surface area contributed by atoms with Gasteiger partial charge in [-0.1, -0.05) is 18.2 Å². The molecule has 0 amide bonds. The Morgan fingerprint density at radius 2 is 1.93 bits per heavy atom. The molecule has 0 bridgehead atoms. The Balaban J connectivity index is 3.33. The van der Waals surface area contributed by atoms with E-state index in [9.17, 15) is 4.21 Å². The highest BCUT2D eigenvalue weighted by atomic mass is 32.2. The van der Waals surface area contributed by atoms with Gasteiger partial charge in [0.2, 0.25) is 0 Å². The first-order valence-electron chi connectivity index (χ1n) is 3.98. The van der Waals surface area contributed by atoms with E-state index in [1.54, 1.807) is 23.9 Å². The first-order chi connectivity index (χ1) is 6.81. The fraction of sp³-hybridized carbons (Fsp3) is 0.333. The maximum absolute atomic E-state index is 10.9. The van der Waals surface area contributed by atoms with Gasteiger partial charge in [-0.2, -0.15) is 4.21 Å². The average molecular weight is 234 g/mol. The molecule has 0 fully saturated rings. The van der Waals surface area contributed by atoms with Crippen molar-refractivity contribution in [2.75, 3.05) is 19.0 Å². The van der Waals surface area contributed by atoms with Gasteiger partial charge in [0.05, 0.1) is 13.2 Å². The van der Waals surface area contributed by atoms with Crippen molar-refractivity contribution in [1.82, 2.24) is 0 Å². The monoisotopic (exact) mass is 234 g/mol. The molecule has 0 saturated carbocycles. The maximum atomic E-state index is 10.9. The largest absolute Gasteiger partial charge is 0.305 e. The number of thioether (sulfide) groups is 1. The van der Waals surface area contributed by atoms with E-state index in [2.05, 4.69) is 13.2 Å². The smallest absolute Gasteiger partial charge is 0.264 e. The fourth-order valence-corrected chi connectivity index (χ4v) is 1.39. The summed E-state index contributed by atoms with van der Waals surface area (Å²) < 4.78 is 20.3. The van der Waals surface area contributed by atoms with Crippen LogP contribution in [0.15, 0.2) is 36.8 Å². The second kappa shape index (κ2) is 10.7. The predicted octanol–water partition coefficient (Wildman–Crippen LogP) is 2.22. The molecule has 0 aliphatic rings. The lowest BCUT2D eigenvalue weighted by Gasteiger charge is -1.97. The van der Waals surface area contributed by atoms with E-state index in [4.69, 9.17) is 8.37 Å². The zero-order valence-electron chi connectivity index (χ0n) is 7.89. The Morgan fingerprint density at radius 1 is 1.21 bits per heavy atom. The summed E-state index contributed by atoms with van der Waals surface area (Å²) in [5.74, 6) is 0.854. The molecule has 0 aliphatic heterocycles. The summed E-state index contributed by atoms with van der Waals surface area (Å²) in [6.45, 7) is 7.49. The van der Waals surface area contributed by atoms with Crippen LogP contribution in [0.4, 0.5) is 0 Å². The number of hydrogen-bond acceptors (Lipinski definition) is 4. The van der Waals surface area contributed by atoms with Crippen LogP contribution in [-0.4, -0.2) is 23.2 Å². The summed E-state index contributed by atoms with van der Waals surface area (Å²) in [7, 11) is 0. The fourth-order valence-electron chi connectivity index (χ4n) is 0.463. The second-order valence-electron chi connectivity index (χ2n) is 2.06. The van der Waals surface area contributed by atoms with E-state index >= 15 is 0 Å². The summed E-state index contributed by atoms with van der Waals surface area (Å²) in [5, 5.41) is 1.87. The van der Waals surface area contributed by atoms with Gasteiger partial charge >= 0.3 is 11.4 Å². The quantitative estimate of drug-likeness (QED) is 0.452. The van der Waals surface area contributed by atoms with Crippen molar-refractivity contribution in [1.29, 1.82) is 0 Å². The number of hydrogen-bond donors (Lipinski definition) is 0. The van der Waals surface area contributed by atoms with Crippen molar-refractivity contribution in [3.63, 3.8) is 0 Å². The molecule has 0 aromatic rings. The normalized spacial score (nSPS) is 12.9. The third kappa shape index (κ3) is 9.73. The molecule has 1 atom stereocenters. The van der Waals surface area contributed by atoms with E-state index in [0.717, 1.165) is 5.75 Å². The van der Waals surface area contributed by atoms with Crippen LogP contribution in [0.3, 0.4) is 0 Å². The van der Waals surface area contributed by atoms with E-state index in [1.807, 2.05) is 5.41 Å². The summed E-state index contributed by atoms with van der Waals surface area (Å²) >= 11 is -0.0908. The van der Waals surface area contributed by atoms with Gasteiger partial charge in [-0.05, 0) is 5.41 Å². The summed E-state index contributed by atoms with van der Waals surface area (Å²) in [4.78, 5) is 0. The minimum absolute atomic E-state index is 0.224. The molecule has 0 aromatic heterocycles. The first kappa shape index (κ1) is 13.6. The van der Waals surface area contributed by atoms with Gasteiger partial charge in [0.15, 0.2) is 0 Å². The maximum Gasteiger partial charge on any atom is 0.305 e. The molecule has 0 heterocycles. The molecule has 0 aromatic carbocycles. The molecule has 5 heteroatoms. The average Bonchev–Trinajstić information content (AvgIpc) is 2.20. The van der Waals surface area contributed by atoms with Gasteiger partial charge < -0.3 is 0 Å². The van der Waals surface area contributed by atoms with Crippen molar-refractivity contribution >= 4 is 23.1 Å². The Morgan fingerprint density at radius 3 is 2.57 bits per heavy atom. The van der Waals surface area contributed by atoms with Crippen molar-refractivity contribution in [2.24, 2.45) is 0 Å². The lowest BCUT2D eigenvalue weighted by molar-refractivity contribution is 0.289. The molecule has 14 heavy (non-hydrogen) atoms. The van der Waals surface area contributed by atoms with Crippen LogP contribution in [0.5, 0.6) is 0 Å². The van der Waals surface area contributed by atoms with Crippen molar-refractivity contribution in [3.8, 4) is 0 Å². The van der Waals surface area contributed by atoms with Gasteiger partial charge in [-0.15, -0.1) is 24.9 Å². The van der Waals surface area contributed by atoms with Gasteiger partial charge in [0.1, 0.15) is 0 Å². The second-order valence-corrected chi connectivity index (χ2v) is 3.87. The van der Waals surface area contributed by atoms with Crippen molar-refractivity contribution in [2.45, 2.75) is 0 Å². The third-order valence-electron chi connectivity index (χ3n) is 0.949. The third-order valence-corrected chi connectivity index (χ3v) is 2.42. The van der Waals surface area contributed by atoms with E-state index in [-0.39, 0.29) is 13.2 Å². The van der Waals surface area contributed by atoms with Crippen LogP contribution in [0.2, 0.25) is 0 Å². The Kier molecular flexibility index (Phi) is 10.4. The van der Waals surface area contributed by atoms with Crippen molar-refractivity contribution in [3.05, 3.63) is 36.8 Å². The zero-order chi connectivity index (χ0) is 10.6. The molecule has 1 unspecified atom stereocenters. The molecule has 0 rings (SSSR count). The number of rotatable bonds is 9. The topological polar surface area (TPSA) is 35.5 Å². The zero-order valence-corrected chi connectivity index (χ0v) is 9.52. The molecule has 0 radical (unpaired) electrons. The lowest BCUT2D eigenvalue weighted by atomic mass is 10.7. The van der Waals surface area contributed by atoms with Crippen LogP contribution < -0.4 is 0 Å². The SMILES string of the molecule is C=CCOS(=O)OC/C=C/SCC=C. The standard InChI is InChI=1S/C9H14O3S2/c1-3-6-11-14(10)12-7-5-9-13-8-4-2/h3-5,9H,1-2,6-8H2/b9-5+. The molecule has 80 valence electrons. The molecular weight excluding hydrogens is 220 g/mol. The molecule has 3 nitrogen and oxygen atoms in total. The molecule has 0 N–H and O–H groups in total. The Hall–Kier alpha value is -0.360. The highest BCUT2D eigenvalue weighted by Crippen LogP contribution is 2.01. The highest BCUT2D eigenvalue weighted by Gasteiger charge is 1.95. The van der Waals surface area contributed by atoms with E-state index < -0.39 is 11.4 Å². The minimum atomic E-state index is -1.68. The molecule has 0 spiro atoms. The first-order valence-corrected chi connectivity index (χ1v) is 6.03. The van der Waals surface area contributed by atoms with Gasteiger partial charge in [-0.3, -0.25) is 8.37 Å². The van der Waals surface area contributed by atoms with Gasteiger partial charge in [-0.25, -0.2) is 0 Å². The highest BCUT2D eigenvalue weighted by molar-refractivity contribution is 8.02. The summed E-state index contributed by atoms with van der Waals surface area (Å²) in [6, 6.07) is 0. The molecule has 0 saturated heterocycles. The molecular formula is C9H14O3S2. The van der Waals surface area contributed by atoms with Crippen LogP contribution in [0, 0.1) is 0 Å². The van der Waals surface area contributed by atoms with Gasteiger partial charge in [0, 0.05) is 5.75 Å². The molecule has 0 aliphatic carbocycles. The lowest BCUT2D eigenvalue weighted by Crippen LogP contribution is -2.01. The predicted molar refractivity (Wildman–Crippen MR) is 62.0 cm³/mol. The Labute approximate surface area is 91.7 Å². The van der Waals surface area contributed by atoms with Crippen LogP contribution in [0.25, 0.3) is 0 Å². The Bertz CT molecular complexity index is 214. The summed E-state index contributed by atoms with van der Waals surface area (Å²) in [5.41, 5.74) is 0. The van der Waals surface area contributed by atoms with Crippen LogP contribution in [-0.2, 0) is 19.7 Å². The van der Waals surface area contributed by atoms with E-state index in [0.29, 0.717) is 0 Å². The van der Waals surface area contributed by atoms with Crippen LogP contribution in [0.1, 0.15) is 0 Å². The minimum Gasteiger partial charge on any atom is -0.264 e. The summed E-state index contributed by atoms with van der Waals surface area (Å²) in [6.07, 6.45) is 5.08.